The van der Waals surface area contributed by atoms with Crippen LogP contribution >= 0.6 is 0 Å². The molecule has 0 aliphatic heterocycles. The minimum absolute atomic E-state index is 1.10. The molecule has 0 aromatic rings. The zero-order valence-electron chi connectivity index (χ0n) is 7.00. The van der Waals surface area contributed by atoms with Crippen LogP contribution in [0.3, 0.4) is 0 Å². The zero-order valence-corrected chi connectivity index (χ0v) is 7.00. The van der Waals surface area contributed by atoms with Gasteiger partial charge in [0, 0.05) is 0 Å². The van der Waals surface area contributed by atoms with Crippen molar-refractivity contribution < 1.29 is 0 Å². The van der Waals surface area contributed by atoms with Gasteiger partial charge in [0.2, 0.25) is 0 Å². The SMILES string of the molecule is C1=C\C/C=C/CCC/C=C/C/1. The van der Waals surface area contributed by atoms with Crippen molar-refractivity contribution in [2.45, 2.75) is 32.1 Å². The minimum Gasteiger partial charge on any atom is -0.0882 e. The van der Waals surface area contributed by atoms with Crippen LogP contribution in [0.1, 0.15) is 32.1 Å². The standard InChI is InChI=1S/C11H16/c1-2-4-6-8-10-11-9-7-5-3-1/h1-2,5-8H,3-4,9-11H2/b2-1-,7-5+,8-6+. The topological polar surface area (TPSA) is 0 Å². The molecule has 0 amide bonds. The van der Waals surface area contributed by atoms with Gasteiger partial charge in [-0.1, -0.05) is 36.5 Å². The van der Waals surface area contributed by atoms with E-state index < -0.39 is 0 Å². The van der Waals surface area contributed by atoms with Crippen molar-refractivity contribution in [1.82, 2.24) is 0 Å². The summed E-state index contributed by atoms with van der Waals surface area (Å²) >= 11 is 0. The first-order valence-corrected chi connectivity index (χ1v) is 4.45. The van der Waals surface area contributed by atoms with E-state index in [0.29, 0.717) is 0 Å². The van der Waals surface area contributed by atoms with E-state index in [0.717, 1.165) is 12.8 Å². The second kappa shape index (κ2) is 5.96. The van der Waals surface area contributed by atoms with Gasteiger partial charge in [-0.15, -0.1) is 0 Å². The average Bonchev–Trinajstić information content (AvgIpc) is 2.08. The molecule has 0 N–H and O–H groups in total. The lowest BCUT2D eigenvalue weighted by Gasteiger charge is -1.88. The van der Waals surface area contributed by atoms with Gasteiger partial charge in [-0.25, -0.2) is 0 Å². The highest BCUT2D eigenvalue weighted by atomic mass is 13.9. The summed E-state index contributed by atoms with van der Waals surface area (Å²) in [5, 5.41) is 0. The first-order chi connectivity index (χ1) is 5.50. The van der Waals surface area contributed by atoms with E-state index in [1.54, 1.807) is 0 Å². The largest absolute Gasteiger partial charge is 0.0882 e. The lowest BCUT2D eigenvalue weighted by molar-refractivity contribution is 0.865. The molecular weight excluding hydrogens is 132 g/mol. The predicted molar refractivity (Wildman–Crippen MR) is 50.5 cm³/mol. The van der Waals surface area contributed by atoms with Gasteiger partial charge in [0.15, 0.2) is 0 Å². The Morgan fingerprint density at radius 1 is 0.545 bits per heavy atom. The smallest absolute Gasteiger partial charge is 0.0169 e. The monoisotopic (exact) mass is 148 g/mol. The molecule has 0 heteroatoms. The van der Waals surface area contributed by atoms with E-state index in [1.165, 1.54) is 19.3 Å². The maximum atomic E-state index is 2.28. The first kappa shape index (κ1) is 8.32. The van der Waals surface area contributed by atoms with Gasteiger partial charge in [-0.2, -0.15) is 0 Å². The summed E-state index contributed by atoms with van der Waals surface area (Å²) in [7, 11) is 0. The summed E-state index contributed by atoms with van der Waals surface area (Å²) in [5.41, 5.74) is 0. The second-order valence-electron chi connectivity index (χ2n) is 2.82. The van der Waals surface area contributed by atoms with Crippen LogP contribution in [-0.4, -0.2) is 0 Å². The molecule has 60 valence electrons. The molecule has 1 aliphatic rings. The molecule has 0 radical (unpaired) electrons. The van der Waals surface area contributed by atoms with Gasteiger partial charge in [0.1, 0.15) is 0 Å². The lowest BCUT2D eigenvalue weighted by Crippen LogP contribution is -1.67. The fraction of sp³-hybridized carbons (Fsp3) is 0.455. The molecule has 11 heavy (non-hydrogen) atoms. The Morgan fingerprint density at radius 2 is 1.00 bits per heavy atom. The molecule has 0 aromatic carbocycles. The van der Waals surface area contributed by atoms with Gasteiger partial charge >= 0.3 is 0 Å². The van der Waals surface area contributed by atoms with Crippen LogP contribution in [0.4, 0.5) is 0 Å². The number of allylic oxidation sites excluding steroid dienone is 6. The van der Waals surface area contributed by atoms with Crippen molar-refractivity contribution in [1.29, 1.82) is 0 Å². The first-order valence-electron chi connectivity index (χ1n) is 4.45. The molecule has 0 aromatic heterocycles. The zero-order chi connectivity index (χ0) is 7.78. The Balaban J connectivity index is 2.34. The van der Waals surface area contributed by atoms with E-state index >= 15 is 0 Å². The molecule has 0 fully saturated rings. The van der Waals surface area contributed by atoms with Crippen molar-refractivity contribution in [3.8, 4) is 0 Å². The summed E-state index contributed by atoms with van der Waals surface area (Å²) < 4.78 is 0. The molecule has 0 spiro atoms. The van der Waals surface area contributed by atoms with E-state index in [9.17, 15) is 0 Å². The Bertz CT molecular complexity index is 143. The fourth-order valence-corrected chi connectivity index (χ4v) is 1.13. The lowest BCUT2D eigenvalue weighted by atomic mass is 10.2. The van der Waals surface area contributed by atoms with Crippen LogP contribution in [0.5, 0.6) is 0 Å². The molecule has 0 saturated carbocycles. The third kappa shape index (κ3) is 4.60. The number of rotatable bonds is 0. The van der Waals surface area contributed by atoms with Gasteiger partial charge in [-0.05, 0) is 32.1 Å². The van der Waals surface area contributed by atoms with E-state index in [4.69, 9.17) is 0 Å². The van der Waals surface area contributed by atoms with E-state index in [-0.39, 0.29) is 0 Å². The van der Waals surface area contributed by atoms with Crippen LogP contribution in [0, 0.1) is 0 Å². The highest BCUT2D eigenvalue weighted by Gasteiger charge is 1.81. The highest BCUT2D eigenvalue weighted by molar-refractivity contribution is 4.98. The average molecular weight is 148 g/mol. The Kier molecular flexibility index (Phi) is 4.51. The molecular formula is C11H16. The quantitative estimate of drug-likeness (QED) is 0.460. The maximum Gasteiger partial charge on any atom is -0.0169 e. The van der Waals surface area contributed by atoms with Crippen molar-refractivity contribution in [3.05, 3.63) is 36.5 Å². The summed E-state index contributed by atoms with van der Waals surface area (Å²) in [5.74, 6) is 0. The molecule has 0 nitrogen and oxygen atoms in total. The molecule has 0 atom stereocenters. The van der Waals surface area contributed by atoms with Crippen molar-refractivity contribution in [2.24, 2.45) is 0 Å². The Morgan fingerprint density at radius 3 is 1.55 bits per heavy atom. The third-order valence-electron chi connectivity index (χ3n) is 1.79. The Labute approximate surface area is 69.3 Å². The maximum absolute atomic E-state index is 2.28. The van der Waals surface area contributed by atoms with Gasteiger partial charge in [0.25, 0.3) is 0 Å². The van der Waals surface area contributed by atoms with Gasteiger partial charge in [-0.3, -0.25) is 0 Å². The highest BCUT2D eigenvalue weighted by Crippen LogP contribution is 2.02. The van der Waals surface area contributed by atoms with Gasteiger partial charge < -0.3 is 0 Å². The molecule has 1 aliphatic carbocycles. The number of hydrogen-bond acceptors (Lipinski definition) is 0. The third-order valence-corrected chi connectivity index (χ3v) is 1.79. The summed E-state index contributed by atoms with van der Waals surface area (Å²) in [6.45, 7) is 0. The molecule has 0 bridgehead atoms. The Hall–Kier alpha value is -0.780. The fourth-order valence-electron chi connectivity index (χ4n) is 1.13. The minimum atomic E-state index is 1.10. The molecule has 0 unspecified atom stereocenters. The normalized spacial score (nSPS) is 28.4. The predicted octanol–water partition coefficient (Wildman–Crippen LogP) is 3.62. The summed E-state index contributed by atoms with van der Waals surface area (Å²) in [6.07, 6.45) is 19.5. The molecule has 0 heterocycles. The van der Waals surface area contributed by atoms with E-state index in [2.05, 4.69) is 36.5 Å². The number of hydrogen-bond donors (Lipinski definition) is 0. The van der Waals surface area contributed by atoms with Crippen LogP contribution in [0.2, 0.25) is 0 Å². The summed E-state index contributed by atoms with van der Waals surface area (Å²) in [4.78, 5) is 0. The summed E-state index contributed by atoms with van der Waals surface area (Å²) in [6, 6.07) is 0. The van der Waals surface area contributed by atoms with Crippen molar-refractivity contribution >= 4 is 0 Å². The van der Waals surface area contributed by atoms with Crippen molar-refractivity contribution in [2.75, 3.05) is 0 Å². The van der Waals surface area contributed by atoms with Crippen LogP contribution in [0.25, 0.3) is 0 Å². The van der Waals surface area contributed by atoms with Crippen molar-refractivity contribution in [3.63, 3.8) is 0 Å². The van der Waals surface area contributed by atoms with Gasteiger partial charge in [0.05, 0.1) is 0 Å². The molecule has 1 rings (SSSR count). The van der Waals surface area contributed by atoms with Crippen LogP contribution in [0.15, 0.2) is 36.5 Å². The van der Waals surface area contributed by atoms with Crippen LogP contribution < -0.4 is 0 Å². The van der Waals surface area contributed by atoms with E-state index in [1.807, 2.05) is 0 Å². The molecule has 0 saturated heterocycles. The second-order valence-corrected chi connectivity index (χ2v) is 2.82. The van der Waals surface area contributed by atoms with Crippen LogP contribution in [-0.2, 0) is 0 Å².